The van der Waals surface area contributed by atoms with Gasteiger partial charge in [-0.25, -0.2) is 0 Å². The Balaban J connectivity index is 1.16. The van der Waals surface area contributed by atoms with E-state index in [1.807, 2.05) is 24.3 Å². The topological polar surface area (TPSA) is 29.5 Å². The van der Waals surface area contributed by atoms with Crippen LogP contribution < -0.4 is 4.90 Å². The van der Waals surface area contributed by atoms with Crippen molar-refractivity contribution in [1.82, 2.24) is 0 Å². The number of furan rings is 2. The molecule has 3 heteroatoms. The molecule has 9 rings (SSSR count). The van der Waals surface area contributed by atoms with Crippen LogP contribution in [0.3, 0.4) is 0 Å². The molecule has 0 N–H and O–H groups in total. The maximum absolute atomic E-state index is 6.42. The Morgan fingerprint density at radius 2 is 0.889 bits per heavy atom. The van der Waals surface area contributed by atoms with Gasteiger partial charge >= 0.3 is 0 Å². The molecule has 0 atom stereocenters. The first-order chi connectivity index (χ1) is 22.3. The number of rotatable bonds is 5. The fourth-order valence-electron chi connectivity index (χ4n) is 6.60. The van der Waals surface area contributed by atoms with Crippen molar-refractivity contribution in [3.63, 3.8) is 0 Å². The number of nitrogens with zero attached hydrogens (tertiary/aromatic N) is 1. The third-order valence-electron chi connectivity index (χ3n) is 8.69. The molecular formula is C42H27NO2. The van der Waals surface area contributed by atoms with Crippen LogP contribution >= 0.6 is 0 Å². The van der Waals surface area contributed by atoms with Gasteiger partial charge in [-0.2, -0.15) is 0 Å². The Morgan fingerprint density at radius 3 is 1.69 bits per heavy atom. The molecule has 7 aromatic carbocycles. The largest absolute Gasteiger partial charge is 0.456 e. The summed E-state index contributed by atoms with van der Waals surface area (Å²) in [7, 11) is 0. The number of hydrogen-bond donors (Lipinski definition) is 0. The lowest BCUT2D eigenvalue weighted by Gasteiger charge is -2.26. The molecular weight excluding hydrogens is 550 g/mol. The summed E-state index contributed by atoms with van der Waals surface area (Å²) in [6.45, 7) is 0. The summed E-state index contributed by atoms with van der Waals surface area (Å²) < 4.78 is 12.5. The van der Waals surface area contributed by atoms with Crippen molar-refractivity contribution < 1.29 is 8.83 Å². The van der Waals surface area contributed by atoms with Crippen LogP contribution in [-0.2, 0) is 0 Å². The molecule has 0 aliphatic carbocycles. The molecule has 0 fully saturated rings. The highest BCUT2D eigenvalue weighted by atomic mass is 16.3. The van der Waals surface area contributed by atoms with E-state index in [9.17, 15) is 0 Å². The minimum Gasteiger partial charge on any atom is -0.456 e. The Labute approximate surface area is 260 Å². The van der Waals surface area contributed by atoms with Crippen LogP contribution in [-0.4, -0.2) is 0 Å². The number of hydrogen-bond acceptors (Lipinski definition) is 3. The maximum Gasteiger partial charge on any atom is 0.143 e. The van der Waals surface area contributed by atoms with Gasteiger partial charge in [-0.1, -0.05) is 109 Å². The molecule has 9 aromatic rings. The monoisotopic (exact) mass is 577 g/mol. The van der Waals surface area contributed by atoms with Crippen LogP contribution in [0, 0.1) is 0 Å². The number of anilines is 3. The van der Waals surface area contributed by atoms with Crippen molar-refractivity contribution in [2.24, 2.45) is 0 Å². The van der Waals surface area contributed by atoms with E-state index in [2.05, 4.69) is 144 Å². The summed E-state index contributed by atoms with van der Waals surface area (Å²) >= 11 is 0. The SMILES string of the molecule is c1ccc(N(c2ccc(-c3ccccc3-c3cccc4c3oc3ccccc34)cc2)c2ccc3oc4ccccc4c3c2)cc1. The molecule has 0 saturated heterocycles. The van der Waals surface area contributed by atoms with E-state index in [0.29, 0.717) is 0 Å². The van der Waals surface area contributed by atoms with Gasteiger partial charge in [0.2, 0.25) is 0 Å². The minimum atomic E-state index is 0.888. The number of fused-ring (bicyclic) bond motifs is 6. The predicted octanol–water partition coefficient (Wildman–Crippen LogP) is 12.3. The smallest absolute Gasteiger partial charge is 0.143 e. The molecule has 0 bridgehead atoms. The lowest BCUT2D eigenvalue weighted by Crippen LogP contribution is -2.09. The highest BCUT2D eigenvalue weighted by Gasteiger charge is 2.18. The molecule has 0 aliphatic heterocycles. The zero-order chi connectivity index (χ0) is 29.7. The quantitative estimate of drug-likeness (QED) is 0.204. The van der Waals surface area contributed by atoms with Crippen LogP contribution in [0.2, 0.25) is 0 Å². The van der Waals surface area contributed by atoms with E-state index in [1.165, 1.54) is 0 Å². The second-order valence-electron chi connectivity index (χ2n) is 11.3. The van der Waals surface area contributed by atoms with Gasteiger partial charge in [0.1, 0.15) is 22.3 Å². The normalized spacial score (nSPS) is 11.6. The van der Waals surface area contributed by atoms with Crippen molar-refractivity contribution in [1.29, 1.82) is 0 Å². The first-order valence-corrected chi connectivity index (χ1v) is 15.2. The van der Waals surface area contributed by atoms with E-state index in [-0.39, 0.29) is 0 Å². The molecule has 0 spiro atoms. The maximum atomic E-state index is 6.42. The summed E-state index contributed by atoms with van der Waals surface area (Å²) in [6, 6.07) is 57.3. The third kappa shape index (κ3) is 4.21. The van der Waals surface area contributed by atoms with Gasteiger partial charge in [-0.3, -0.25) is 0 Å². The Bertz CT molecular complexity index is 2490. The highest BCUT2D eigenvalue weighted by molar-refractivity contribution is 6.10. The van der Waals surface area contributed by atoms with Crippen LogP contribution in [0.4, 0.5) is 17.1 Å². The first kappa shape index (κ1) is 25.4. The minimum absolute atomic E-state index is 0.888. The predicted molar refractivity (Wildman–Crippen MR) is 187 cm³/mol. The summed E-state index contributed by atoms with van der Waals surface area (Å²) in [5, 5.41) is 4.50. The molecule has 2 aromatic heterocycles. The number of benzene rings is 7. The Morgan fingerprint density at radius 1 is 0.333 bits per heavy atom. The van der Waals surface area contributed by atoms with E-state index in [0.717, 1.165) is 83.2 Å². The fraction of sp³-hybridized carbons (Fsp3) is 0. The van der Waals surface area contributed by atoms with E-state index in [1.54, 1.807) is 0 Å². The average Bonchev–Trinajstić information content (AvgIpc) is 3.68. The Kier molecular flexibility index (Phi) is 5.82. The zero-order valence-corrected chi connectivity index (χ0v) is 24.4. The second-order valence-corrected chi connectivity index (χ2v) is 11.3. The van der Waals surface area contributed by atoms with Crippen molar-refractivity contribution in [3.8, 4) is 22.3 Å². The summed E-state index contributed by atoms with van der Waals surface area (Å²) in [5.74, 6) is 0. The number of para-hydroxylation sites is 4. The zero-order valence-electron chi connectivity index (χ0n) is 24.4. The summed E-state index contributed by atoms with van der Waals surface area (Å²) in [6.07, 6.45) is 0. The molecule has 0 saturated carbocycles. The lowest BCUT2D eigenvalue weighted by atomic mass is 9.93. The highest BCUT2D eigenvalue weighted by Crippen LogP contribution is 2.42. The average molecular weight is 578 g/mol. The van der Waals surface area contributed by atoms with Crippen molar-refractivity contribution in [2.75, 3.05) is 4.90 Å². The van der Waals surface area contributed by atoms with Gasteiger partial charge < -0.3 is 13.7 Å². The molecule has 0 radical (unpaired) electrons. The van der Waals surface area contributed by atoms with Crippen molar-refractivity contribution in [2.45, 2.75) is 0 Å². The first-order valence-electron chi connectivity index (χ1n) is 15.2. The van der Waals surface area contributed by atoms with E-state index < -0.39 is 0 Å². The summed E-state index contributed by atoms with van der Waals surface area (Å²) in [4.78, 5) is 2.30. The van der Waals surface area contributed by atoms with Crippen molar-refractivity contribution in [3.05, 3.63) is 164 Å². The molecule has 45 heavy (non-hydrogen) atoms. The Hall–Kier alpha value is -6.06. The molecule has 0 amide bonds. The molecule has 212 valence electrons. The summed E-state index contributed by atoms with van der Waals surface area (Å²) in [5.41, 5.74) is 11.4. The van der Waals surface area contributed by atoms with Crippen LogP contribution in [0.15, 0.2) is 173 Å². The lowest BCUT2D eigenvalue weighted by molar-refractivity contribution is 0.669. The molecule has 0 aliphatic rings. The van der Waals surface area contributed by atoms with Crippen LogP contribution in [0.1, 0.15) is 0 Å². The fourth-order valence-corrected chi connectivity index (χ4v) is 6.60. The van der Waals surface area contributed by atoms with Gasteiger partial charge in [-0.05, 0) is 71.3 Å². The van der Waals surface area contributed by atoms with Gasteiger partial charge in [0, 0.05) is 44.2 Å². The molecule has 3 nitrogen and oxygen atoms in total. The van der Waals surface area contributed by atoms with E-state index >= 15 is 0 Å². The van der Waals surface area contributed by atoms with E-state index in [4.69, 9.17) is 8.83 Å². The van der Waals surface area contributed by atoms with Gasteiger partial charge in [0.15, 0.2) is 0 Å². The van der Waals surface area contributed by atoms with Crippen LogP contribution in [0.25, 0.3) is 66.1 Å². The van der Waals surface area contributed by atoms with Crippen LogP contribution in [0.5, 0.6) is 0 Å². The standard InChI is InChI=1S/C42H27NO2/c1-2-11-29(12-3-1)43(31-25-26-41-38(27-31)35-16-7-8-19-39(35)44-41)30-23-21-28(22-24-30)32-13-4-5-14-33(32)36-17-10-18-37-34-15-6-9-20-40(34)45-42(36)37/h1-27H. The van der Waals surface area contributed by atoms with Gasteiger partial charge in [0.25, 0.3) is 0 Å². The molecule has 0 unspecified atom stereocenters. The third-order valence-corrected chi connectivity index (χ3v) is 8.69. The van der Waals surface area contributed by atoms with Crippen molar-refractivity contribution >= 4 is 60.9 Å². The van der Waals surface area contributed by atoms with Gasteiger partial charge in [0.05, 0.1) is 0 Å². The second kappa shape index (κ2) is 10.3. The van der Waals surface area contributed by atoms with Gasteiger partial charge in [-0.15, -0.1) is 0 Å². The molecule has 2 heterocycles.